The third-order valence-corrected chi connectivity index (χ3v) is 3.97. The van der Waals surface area contributed by atoms with Crippen LogP contribution in [0.25, 0.3) is 0 Å². The first kappa shape index (κ1) is 17.3. The van der Waals surface area contributed by atoms with Crippen LogP contribution in [0.5, 0.6) is 0 Å². The van der Waals surface area contributed by atoms with Gasteiger partial charge in [-0.1, -0.05) is 30.3 Å². The molecule has 2 aromatic carbocycles. The van der Waals surface area contributed by atoms with Crippen LogP contribution in [0.4, 0.5) is 5.69 Å². The van der Waals surface area contributed by atoms with E-state index >= 15 is 0 Å². The summed E-state index contributed by atoms with van der Waals surface area (Å²) in [5, 5.41) is 8.25. The summed E-state index contributed by atoms with van der Waals surface area (Å²) in [5.41, 5.74) is 7.30. The molecular formula is C19H18N4O3. The zero-order valence-electron chi connectivity index (χ0n) is 14.0. The number of amides is 3. The normalized spacial score (nSPS) is 13.9. The van der Waals surface area contributed by atoms with E-state index in [-0.39, 0.29) is 24.7 Å². The van der Waals surface area contributed by atoms with Gasteiger partial charge in [-0.15, -0.1) is 0 Å². The largest absolute Gasteiger partial charge is 0.366 e. The number of rotatable bonds is 5. The molecule has 26 heavy (non-hydrogen) atoms. The number of carbonyl (C=O) groups excluding carboxylic acids is 3. The van der Waals surface area contributed by atoms with E-state index in [0.717, 1.165) is 5.56 Å². The van der Waals surface area contributed by atoms with Crippen LogP contribution in [0.15, 0.2) is 59.7 Å². The Morgan fingerprint density at radius 2 is 1.73 bits per heavy atom. The summed E-state index contributed by atoms with van der Waals surface area (Å²) < 4.78 is 0. The molecule has 0 aromatic heterocycles. The molecule has 1 aliphatic rings. The van der Waals surface area contributed by atoms with Crippen molar-refractivity contribution in [2.75, 3.05) is 5.32 Å². The SMILES string of the molecule is NC(=O)c1ccc(NC(=O)C2=NN(Cc3ccccc3)C(=O)CC2)cc1. The molecule has 0 unspecified atom stereocenters. The van der Waals surface area contributed by atoms with Crippen molar-refractivity contribution in [3.63, 3.8) is 0 Å². The van der Waals surface area contributed by atoms with Crippen molar-refractivity contribution in [2.24, 2.45) is 10.8 Å². The van der Waals surface area contributed by atoms with Gasteiger partial charge >= 0.3 is 0 Å². The maximum Gasteiger partial charge on any atom is 0.271 e. The van der Waals surface area contributed by atoms with Crippen molar-refractivity contribution < 1.29 is 14.4 Å². The number of hydrazone groups is 1. The maximum atomic E-state index is 12.4. The molecule has 0 atom stereocenters. The van der Waals surface area contributed by atoms with Gasteiger partial charge in [0.15, 0.2) is 0 Å². The molecule has 1 aliphatic heterocycles. The van der Waals surface area contributed by atoms with E-state index in [2.05, 4.69) is 10.4 Å². The molecule has 0 aliphatic carbocycles. The van der Waals surface area contributed by atoms with Crippen LogP contribution in [0.2, 0.25) is 0 Å². The predicted octanol–water partition coefficient (Wildman–Crippen LogP) is 1.90. The first-order valence-electron chi connectivity index (χ1n) is 8.16. The summed E-state index contributed by atoms with van der Waals surface area (Å²) in [5.74, 6) is -1.02. The van der Waals surface area contributed by atoms with Crippen molar-refractivity contribution >= 4 is 29.1 Å². The fourth-order valence-electron chi connectivity index (χ4n) is 2.57. The molecule has 1 heterocycles. The van der Waals surface area contributed by atoms with E-state index < -0.39 is 5.91 Å². The fourth-order valence-corrected chi connectivity index (χ4v) is 2.57. The Hall–Kier alpha value is -3.48. The first-order chi connectivity index (χ1) is 12.5. The lowest BCUT2D eigenvalue weighted by Crippen LogP contribution is -2.36. The fraction of sp³-hybridized carbons (Fsp3) is 0.158. The highest BCUT2D eigenvalue weighted by Crippen LogP contribution is 2.15. The van der Waals surface area contributed by atoms with E-state index in [4.69, 9.17) is 5.73 Å². The molecule has 2 aromatic rings. The van der Waals surface area contributed by atoms with Crippen LogP contribution in [0.3, 0.4) is 0 Å². The summed E-state index contributed by atoms with van der Waals surface area (Å²) in [7, 11) is 0. The highest BCUT2D eigenvalue weighted by molar-refractivity contribution is 6.43. The van der Waals surface area contributed by atoms with Crippen LogP contribution >= 0.6 is 0 Å². The summed E-state index contributed by atoms with van der Waals surface area (Å²) in [6.45, 7) is 0.323. The minimum Gasteiger partial charge on any atom is -0.366 e. The van der Waals surface area contributed by atoms with Gasteiger partial charge in [-0.3, -0.25) is 14.4 Å². The van der Waals surface area contributed by atoms with Crippen molar-refractivity contribution in [1.82, 2.24) is 5.01 Å². The van der Waals surface area contributed by atoms with Gasteiger partial charge in [0.25, 0.3) is 5.91 Å². The average Bonchev–Trinajstić information content (AvgIpc) is 2.65. The van der Waals surface area contributed by atoms with E-state index in [0.29, 0.717) is 23.5 Å². The topological polar surface area (TPSA) is 105 Å². The van der Waals surface area contributed by atoms with Gasteiger partial charge in [-0.25, -0.2) is 5.01 Å². The van der Waals surface area contributed by atoms with Crippen LogP contribution in [-0.2, 0) is 16.1 Å². The van der Waals surface area contributed by atoms with Crippen molar-refractivity contribution in [3.8, 4) is 0 Å². The van der Waals surface area contributed by atoms with Crippen molar-refractivity contribution in [3.05, 3.63) is 65.7 Å². The highest BCUT2D eigenvalue weighted by Gasteiger charge is 2.24. The van der Waals surface area contributed by atoms with Gasteiger partial charge in [-0.05, 0) is 29.8 Å². The highest BCUT2D eigenvalue weighted by atomic mass is 16.2. The van der Waals surface area contributed by atoms with Gasteiger partial charge in [0, 0.05) is 24.1 Å². The van der Waals surface area contributed by atoms with Gasteiger partial charge in [0.2, 0.25) is 11.8 Å². The smallest absolute Gasteiger partial charge is 0.271 e. The number of nitrogens with two attached hydrogens (primary N) is 1. The van der Waals surface area contributed by atoms with Gasteiger partial charge < -0.3 is 11.1 Å². The zero-order valence-corrected chi connectivity index (χ0v) is 14.0. The molecule has 3 N–H and O–H groups in total. The second kappa shape index (κ2) is 7.60. The number of nitrogens with zero attached hydrogens (tertiary/aromatic N) is 2. The Morgan fingerprint density at radius 1 is 1.04 bits per heavy atom. The molecule has 7 heteroatoms. The number of carbonyl (C=O) groups is 3. The van der Waals surface area contributed by atoms with Crippen LogP contribution < -0.4 is 11.1 Å². The number of primary amides is 1. The molecule has 3 amide bonds. The van der Waals surface area contributed by atoms with Crippen molar-refractivity contribution in [1.29, 1.82) is 0 Å². The summed E-state index contributed by atoms with van der Waals surface area (Å²) in [4.78, 5) is 35.6. The Labute approximate surface area is 150 Å². The third kappa shape index (κ3) is 4.13. The molecule has 7 nitrogen and oxygen atoms in total. The van der Waals surface area contributed by atoms with Crippen LogP contribution in [-0.4, -0.2) is 28.4 Å². The standard InChI is InChI=1S/C19H18N4O3/c20-18(25)14-6-8-15(9-7-14)21-19(26)16-10-11-17(24)23(22-16)12-13-4-2-1-3-5-13/h1-9H,10-12H2,(H2,20,25)(H,21,26). The molecule has 0 bridgehead atoms. The number of nitrogens with one attached hydrogen (secondary N) is 1. The Bertz CT molecular complexity index is 860. The quantitative estimate of drug-likeness (QED) is 0.860. The van der Waals surface area contributed by atoms with Gasteiger partial charge in [-0.2, -0.15) is 5.10 Å². The molecule has 0 saturated heterocycles. The zero-order chi connectivity index (χ0) is 18.5. The lowest BCUT2D eigenvalue weighted by atomic mass is 10.1. The monoisotopic (exact) mass is 350 g/mol. The summed E-state index contributed by atoms with van der Waals surface area (Å²) in [6.07, 6.45) is 0.523. The first-order valence-corrected chi connectivity index (χ1v) is 8.16. The van der Waals surface area contributed by atoms with E-state index in [9.17, 15) is 14.4 Å². The molecule has 0 fully saturated rings. The Balaban J connectivity index is 1.70. The lowest BCUT2D eigenvalue weighted by molar-refractivity contribution is -0.132. The molecule has 3 rings (SSSR count). The number of benzene rings is 2. The van der Waals surface area contributed by atoms with Crippen molar-refractivity contribution in [2.45, 2.75) is 19.4 Å². The van der Waals surface area contributed by atoms with Crippen LogP contribution in [0.1, 0.15) is 28.8 Å². The average molecular weight is 350 g/mol. The van der Waals surface area contributed by atoms with E-state index in [1.54, 1.807) is 12.1 Å². The summed E-state index contributed by atoms with van der Waals surface area (Å²) >= 11 is 0. The minimum absolute atomic E-state index is 0.115. The molecule has 0 saturated carbocycles. The second-order valence-electron chi connectivity index (χ2n) is 5.88. The summed E-state index contributed by atoms with van der Waals surface area (Å²) in [6, 6.07) is 15.7. The van der Waals surface area contributed by atoms with E-state index in [1.807, 2.05) is 30.3 Å². The Morgan fingerprint density at radius 3 is 2.38 bits per heavy atom. The maximum absolute atomic E-state index is 12.4. The number of hydrogen-bond donors (Lipinski definition) is 2. The molecule has 0 radical (unpaired) electrons. The van der Waals surface area contributed by atoms with E-state index in [1.165, 1.54) is 17.1 Å². The lowest BCUT2D eigenvalue weighted by Gasteiger charge is -2.23. The molecule has 0 spiro atoms. The number of hydrogen-bond acceptors (Lipinski definition) is 4. The third-order valence-electron chi connectivity index (χ3n) is 3.97. The Kier molecular flexibility index (Phi) is 5.07. The van der Waals surface area contributed by atoms with Gasteiger partial charge in [0.1, 0.15) is 5.71 Å². The van der Waals surface area contributed by atoms with Crippen LogP contribution in [0, 0.1) is 0 Å². The molecule has 132 valence electrons. The number of anilines is 1. The predicted molar refractivity (Wildman–Crippen MR) is 97.3 cm³/mol. The molecular weight excluding hydrogens is 332 g/mol. The second-order valence-corrected chi connectivity index (χ2v) is 5.88. The van der Waals surface area contributed by atoms with Gasteiger partial charge in [0.05, 0.1) is 6.54 Å². The minimum atomic E-state index is -0.533.